The molecular formula is C14H11ClF2O2S. The molecule has 2 rings (SSSR count). The Morgan fingerprint density at radius 1 is 1.15 bits per heavy atom. The molecule has 0 aliphatic carbocycles. The fourth-order valence-electron chi connectivity index (χ4n) is 1.58. The van der Waals surface area contributed by atoms with E-state index in [9.17, 15) is 13.9 Å². The molecule has 0 aliphatic rings. The zero-order valence-corrected chi connectivity index (χ0v) is 11.8. The largest absolute Gasteiger partial charge is 0.508 e. The second-order valence-corrected chi connectivity index (χ2v) is 5.40. The number of halogens is 3. The molecule has 0 saturated heterocycles. The van der Waals surface area contributed by atoms with E-state index < -0.39 is 6.61 Å². The van der Waals surface area contributed by atoms with Crippen molar-refractivity contribution in [2.24, 2.45) is 0 Å². The van der Waals surface area contributed by atoms with Crippen LogP contribution < -0.4 is 4.74 Å². The molecule has 20 heavy (non-hydrogen) atoms. The summed E-state index contributed by atoms with van der Waals surface area (Å²) in [4.78, 5) is 0.908. The Bertz CT molecular complexity index is 576. The fraction of sp³-hybridized carbons (Fsp3) is 0.143. The highest BCUT2D eigenvalue weighted by Gasteiger charge is 2.10. The summed E-state index contributed by atoms with van der Waals surface area (Å²) in [5.41, 5.74) is 0.593. The first-order valence-electron chi connectivity index (χ1n) is 5.69. The molecule has 1 N–H and O–H groups in total. The zero-order chi connectivity index (χ0) is 14.5. The minimum Gasteiger partial charge on any atom is -0.508 e. The Hall–Kier alpha value is -1.46. The Balaban J connectivity index is 2.11. The number of benzene rings is 2. The summed E-state index contributed by atoms with van der Waals surface area (Å²) in [6.07, 6.45) is 0. The first-order chi connectivity index (χ1) is 9.54. The van der Waals surface area contributed by atoms with Crippen LogP contribution in [0.4, 0.5) is 8.78 Å². The van der Waals surface area contributed by atoms with Crippen molar-refractivity contribution in [2.75, 3.05) is 0 Å². The highest BCUT2D eigenvalue weighted by Crippen LogP contribution is 2.31. The van der Waals surface area contributed by atoms with Crippen LogP contribution in [-0.4, -0.2) is 11.7 Å². The van der Waals surface area contributed by atoms with Crippen LogP contribution in [0.3, 0.4) is 0 Å². The summed E-state index contributed by atoms with van der Waals surface area (Å²) in [7, 11) is 0. The van der Waals surface area contributed by atoms with Gasteiger partial charge in [-0.05, 0) is 42.5 Å². The van der Waals surface area contributed by atoms with Gasteiger partial charge in [0.15, 0.2) is 0 Å². The Labute approximate surface area is 124 Å². The smallest absolute Gasteiger partial charge is 0.387 e. The SMILES string of the molecule is Oc1ccc(SCc2cc(Cl)ccc2OC(F)F)cc1. The normalized spacial score (nSPS) is 10.8. The van der Waals surface area contributed by atoms with Crippen LogP contribution in [0.2, 0.25) is 5.02 Å². The standard InChI is InChI=1S/C14H11ClF2O2S/c15-10-1-6-13(19-14(16)17)9(7-10)8-20-12-4-2-11(18)3-5-12/h1-7,14,18H,8H2. The van der Waals surface area contributed by atoms with Crippen LogP contribution in [0, 0.1) is 0 Å². The second-order valence-electron chi connectivity index (χ2n) is 3.91. The number of hydrogen-bond donors (Lipinski definition) is 1. The predicted molar refractivity (Wildman–Crippen MR) is 75.8 cm³/mol. The van der Waals surface area contributed by atoms with Gasteiger partial charge in [-0.25, -0.2) is 0 Å². The van der Waals surface area contributed by atoms with Crippen molar-refractivity contribution in [1.29, 1.82) is 0 Å². The zero-order valence-electron chi connectivity index (χ0n) is 10.2. The molecule has 0 spiro atoms. The maximum Gasteiger partial charge on any atom is 0.387 e. The maximum absolute atomic E-state index is 12.3. The molecule has 0 amide bonds. The number of alkyl halides is 2. The van der Waals surface area contributed by atoms with Crippen LogP contribution in [0.5, 0.6) is 11.5 Å². The molecule has 0 radical (unpaired) electrons. The molecule has 2 aromatic rings. The van der Waals surface area contributed by atoms with Gasteiger partial charge in [-0.1, -0.05) is 11.6 Å². The van der Waals surface area contributed by atoms with Gasteiger partial charge in [-0.15, -0.1) is 11.8 Å². The average Bonchev–Trinajstić information content (AvgIpc) is 2.40. The lowest BCUT2D eigenvalue weighted by Crippen LogP contribution is -2.04. The fourth-order valence-corrected chi connectivity index (χ4v) is 2.65. The third-order valence-corrected chi connectivity index (χ3v) is 3.77. The highest BCUT2D eigenvalue weighted by molar-refractivity contribution is 7.98. The van der Waals surface area contributed by atoms with Crippen LogP contribution in [0.25, 0.3) is 0 Å². The second kappa shape index (κ2) is 6.81. The first-order valence-corrected chi connectivity index (χ1v) is 7.06. The van der Waals surface area contributed by atoms with Gasteiger partial charge in [0.05, 0.1) is 0 Å². The topological polar surface area (TPSA) is 29.5 Å². The van der Waals surface area contributed by atoms with E-state index in [4.69, 9.17) is 11.6 Å². The van der Waals surface area contributed by atoms with Crippen LogP contribution in [-0.2, 0) is 5.75 Å². The van der Waals surface area contributed by atoms with Crippen molar-refractivity contribution >= 4 is 23.4 Å². The third-order valence-electron chi connectivity index (χ3n) is 2.47. The molecule has 0 unspecified atom stereocenters. The molecule has 0 aliphatic heterocycles. The van der Waals surface area contributed by atoms with Gasteiger partial charge in [0.25, 0.3) is 0 Å². The quantitative estimate of drug-likeness (QED) is 0.792. The van der Waals surface area contributed by atoms with Crippen molar-refractivity contribution in [1.82, 2.24) is 0 Å². The predicted octanol–water partition coefficient (Wildman–Crippen LogP) is 4.94. The number of ether oxygens (including phenoxy) is 1. The molecule has 6 heteroatoms. The van der Waals surface area contributed by atoms with Gasteiger partial charge in [0, 0.05) is 21.2 Å². The molecule has 0 saturated carbocycles. The van der Waals surface area contributed by atoms with Crippen molar-refractivity contribution < 1.29 is 18.6 Å². The molecule has 2 aromatic carbocycles. The number of thioether (sulfide) groups is 1. The molecule has 0 atom stereocenters. The summed E-state index contributed by atoms with van der Waals surface area (Å²) in [5.74, 6) is 0.738. The molecule has 0 bridgehead atoms. The van der Waals surface area contributed by atoms with Crippen molar-refractivity contribution in [3.8, 4) is 11.5 Å². The first kappa shape index (κ1) is 14.9. The lowest BCUT2D eigenvalue weighted by atomic mass is 10.2. The lowest BCUT2D eigenvalue weighted by molar-refractivity contribution is -0.0503. The Kier molecular flexibility index (Phi) is 5.09. The van der Waals surface area contributed by atoms with E-state index >= 15 is 0 Å². The number of phenolic OH excluding ortho intramolecular Hbond substituents is 1. The van der Waals surface area contributed by atoms with E-state index in [0.717, 1.165) is 4.90 Å². The minimum absolute atomic E-state index is 0.121. The maximum atomic E-state index is 12.3. The van der Waals surface area contributed by atoms with E-state index in [1.165, 1.54) is 23.9 Å². The van der Waals surface area contributed by atoms with Crippen molar-refractivity contribution in [3.63, 3.8) is 0 Å². The molecule has 2 nitrogen and oxygen atoms in total. The molecule has 0 aromatic heterocycles. The van der Waals surface area contributed by atoms with Crippen LogP contribution >= 0.6 is 23.4 Å². The Morgan fingerprint density at radius 2 is 1.85 bits per heavy atom. The van der Waals surface area contributed by atoms with Crippen LogP contribution in [0.15, 0.2) is 47.4 Å². The Morgan fingerprint density at radius 3 is 2.50 bits per heavy atom. The molecule has 106 valence electrons. The van der Waals surface area contributed by atoms with Crippen LogP contribution in [0.1, 0.15) is 5.56 Å². The molecule has 0 fully saturated rings. The van der Waals surface area contributed by atoms with Crippen molar-refractivity contribution in [3.05, 3.63) is 53.1 Å². The van der Waals surface area contributed by atoms with E-state index in [1.54, 1.807) is 30.3 Å². The summed E-state index contributed by atoms with van der Waals surface area (Å²) in [6.45, 7) is -2.87. The summed E-state index contributed by atoms with van der Waals surface area (Å²) >= 11 is 7.31. The van der Waals surface area contributed by atoms with E-state index in [1.807, 2.05) is 0 Å². The summed E-state index contributed by atoms with van der Waals surface area (Å²) < 4.78 is 29.1. The van der Waals surface area contributed by atoms with E-state index in [-0.39, 0.29) is 11.5 Å². The highest BCUT2D eigenvalue weighted by atomic mass is 35.5. The summed E-state index contributed by atoms with van der Waals surface area (Å²) in [6, 6.07) is 11.2. The number of hydrogen-bond acceptors (Lipinski definition) is 3. The molecule has 0 heterocycles. The third kappa shape index (κ3) is 4.28. The van der Waals surface area contributed by atoms with Crippen molar-refractivity contribution in [2.45, 2.75) is 17.3 Å². The molecular weight excluding hydrogens is 306 g/mol. The average molecular weight is 317 g/mol. The van der Waals surface area contributed by atoms with Gasteiger partial charge in [-0.3, -0.25) is 0 Å². The van der Waals surface area contributed by atoms with Gasteiger partial charge < -0.3 is 9.84 Å². The monoisotopic (exact) mass is 316 g/mol. The lowest BCUT2D eigenvalue weighted by Gasteiger charge is -2.11. The number of aromatic hydroxyl groups is 1. The van der Waals surface area contributed by atoms with Gasteiger partial charge in [-0.2, -0.15) is 8.78 Å². The van der Waals surface area contributed by atoms with Gasteiger partial charge in [0.2, 0.25) is 0 Å². The van der Waals surface area contributed by atoms with Gasteiger partial charge >= 0.3 is 6.61 Å². The van der Waals surface area contributed by atoms with E-state index in [0.29, 0.717) is 16.3 Å². The van der Waals surface area contributed by atoms with Gasteiger partial charge in [0.1, 0.15) is 11.5 Å². The number of phenols is 1. The minimum atomic E-state index is -2.87. The number of rotatable bonds is 5. The van der Waals surface area contributed by atoms with E-state index in [2.05, 4.69) is 4.74 Å². The summed E-state index contributed by atoms with van der Waals surface area (Å²) in [5, 5.41) is 9.66.